The van der Waals surface area contributed by atoms with E-state index in [2.05, 4.69) is 22.6 Å². The van der Waals surface area contributed by atoms with Crippen LogP contribution < -0.4 is 4.74 Å². The van der Waals surface area contributed by atoms with E-state index in [1.54, 1.807) is 14.0 Å². The summed E-state index contributed by atoms with van der Waals surface area (Å²) < 4.78 is 13.3. The van der Waals surface area contributed by atoms with Gasteiger partial charge in [0.1, 0.15) is 11.4 Å². The molecule has 0 unspecified atom stereocenters. The smallest absolute Gasteiger partial charge is 0.356 e. The molecule has 0 atom stereocenters. The van der Waals surface area contributed by atoms with E-state index < -0.39 is 0 Å². The Balaban J connectivity index is 2.13. The van der Waals surface area contributed by atoms with Crippen molar-refractivity contribution in [3.8, 4) is 5.75 Å². The summed E-state index contributed by atoms with van der Waals surface area (Å²) in [5.41, 5.74) is 2.57. The molecular formula is C19H17ClINO3. The number of esters is 1. The quantitative estimate of drug-likeness (QED) is 0.384. The standard InChI is InChI=1S/C19H17ClINO3/c1-3-25-19(23)18-17(21)15-10-13(20)6-9-16(15)22(18)11-12-4-7-14(24-2)8-5-12/h4-10H,3,11H2,1-2H3. The number of fused-ring (bicyclic) bond motifs is 1. The number of carbonyl (C=O) groups excluding carboxylic acids is 1. The van der Waals surface area contributed by atoms with E-state index in [9.17, 15) is 4.79 Å². The molecule has 4 nitrogen and oxygen atoms in total. The van der Waals surface area contributed by atoms with Crippen molar-refractivity contribution in [1.29, 1.82) is 0 Å². The Morgan fingerprint density at radius 2 is 1.92 bits per heavy atom. The molecule has 0 fully saturated rings. The van der Waals surface area contributed by atoms with Gasteiger partial charge < -0.3 is 14.0 Å². The summed E-state index contributed by atoms with van der Waals surface area (Å²) in [5, 5.41) is 1.59. The van der Waals surface area contributed by atoms with Crippen molar-refractivity contribution < 1.29 is 14.3 Å². The van der Waals surface area contributed by atoms with Crippen molar-refractivity contribution in [3.05, 3.63) is 62.3 Å². The van der Waals surface area contributed by atoms with Gasteiger partial charge in [-0.15, -0.1) is 0 Å². The molecule has 0 saturated carbocycles. The van der Waals surface area contributed by atoms with Crippen LogP contribution in [0.5, 0.6) is 5.75 Å². The Bertz CT molecular complexity index is 919. The second kappa shape index (κ2) is 7.66. The van der Waals surface area contributed by atoms with Crippen molar-refractivity contribution in [1.82, 2.24) is 4.57 Å². The fourth-order valence-electron chi connectivity index (χ4n) is 2.76. The second-order valence-corrected chi connectivity index (χ2v) is 6.99. The van der Waals surface area contributed by atoms with Gasteiger partial charge in [0.05, 0.1) is 22.8 Å². The van der Waals surface area contributed by atoms with Crippen molar-refractivity contribution in [2.75, 3.05) is 13.7 Å². The van der Waals surface area contributed by atoms with Crippen LogP contribution in [0.25, 0.3) is 10.9 Å². The molecule has 0 N–H and O–H groups in total. The highest BCUT2D eigenvalue weighted by molar-refractivity contribution is 14.1. The summed E-state index contributed by atoms with van der Waals surface area (Å²) >= 11 is 8.33. The summed E-state index contributed by atoms with van der Waals surface area (Å²) in [6, 6.07) is 13.4. The fraction of sp³-hybridized carbons (Fsp3) is 0.211. The van der Waals surface area contributed by atoms with Crippen LogP contribution in [-0.4, -0.2) is 24.3 Å². The Kier molecular flexibility index (Phi) is 5.54. The topological polar surface area (TPSA) is 40.5 Å². The number of benzene rings is 2. The first-order valence-corrected chi connectivity index (χ1v) is 9.28. The predicted octanol–water partition coefficient (Wildman–Crippen LogP) is 5.13. The predicted molar refractivity (Wildman–Crippen MR) is 108 cm³/mol. The molecule has 3 rings (SSSR count). The number of hydrogen-bond acceptors (Lipinski definition) is 3. The van der Waals surface area contributed by atoms with Gasteiger partial charge in [-0.25, -0.2) is 4.79 Å². The minimum atomic E-state index is -0.326. The lowest BCUT2D eigenvalue weighted by molar-refractivity contribution is 0.0513. The normalized spacial score (nSPS) is 10.9. The first-order chi connectivity index (χ1) is 12.0. The number of rotatable bonds is 5. The molecule has 0 aliphatic heterocycles. The van der Waals surface area contributed by atoms with Crippen LogP contribution in [-0.2, 0) is 11.3 Å². The van der Waals surface area contributed by atoms with Gasteiger partial charge in [-0.3, -0.25) is 0 Å². The number of hydrogen-bond donors (Lipinski definition) is 0. The van der Waals surface area contributed by atoms with Gasteiger partial charge in [-0.05, 0) is 65.4 Å². The van der Waals surface area contributed by atoms with E-state index in [1.807, 2.05) is 47.0 Å². The lowest BCUT2D eigenvalue weighted by atomic mass is 10.2. The van der Waals surface area contributed by atoms with Crippen LogP contribution >= 0.6 is 34.2 Å². The molecular weight excluding hydrogens is 453 g/mol. The van der Waals surface area contributed by atoms with E-state index in [-0.39, 0.29) is 5.97 Å². The highest BCUT2D eigenvalue weighted by Gasteiger charge is 2.22. The molecule has 1 heterocycles. The van der Waals surface area contributed by atoms with Crippen LogP contribution in [0.2, 0.25) is 5.02 Å². The average molecular weight is 470 g/mol. The van der Waals surface area contributed by atoms with Gasteiger partial charge >= 0.3 is 5.97 Å². The van der Waals surface area contributed by atoms with Gasteiger partial charge in [0.15, 0.2) is 0 Å². The molecule has 0 spiro atoms. The summed E-state index contributed by atoms with van der Waals surface area (Å²) in [6.45, 7) is 2.69. The fourth-order valence-corrected chi connectivity index (χ4v) is 3.88. The van der Waals surface area contributed by atoms with E-state index in [0.717, 1.165) is 25.8 Å². The molecule has 0 amide bonds. The summed E-state index contributed by atoms with van der Waals surface area (Å²) in [6.07, 6.45) is 0. The Morgan fingerprint density at radius 1 is 1.20 bits per heavy atom. The SMILES string of the molecule is CCOC(=O)c1c(I)c2cc(Cl)ccc2n1Cc1ccc(OC)cc1. The number of aromatic nitrogens is 1. The highest BCUT2D eigenvalue weighted by Crippen LogP contribution is 2.31. The van der Waals surface area contributed by atoms with Crippen molar-refractivity contribution in [2.24, 2.45) is 0 Å². The van der Waals surface area contributed by atoms with E-state index >= 15 is 0 Å². The van der Waals surface area contributed by atoms with Crippen LogP contribution in [0, 0.1) is 3.57 Å². The van der Waals surface area contributed by atoms with Gasteiger partial charge in [0.25, 0.3) is 0 Å². The molecule has 1 aromatic heterocycles. The molecule has 130 valence electrons. The van der Waals surface area contributed by atoms with Gasteiger partial charge in [0.2, 0.25) is 0 Å². The van der Waals surface area contributed by atoms with E-state index in [1.165, 1.54) is 0 Å². The third kappa shape index (κ3) is 3.62. The zero-order valence-corrected chi connectivity index (χ0v) is 16.8. The zero-order valence-electron chi connectivity index (χ0n) is 13.9. The maximum absolute atomic E-state index is 12.5. The third-order valence-electron chi connectivity index (χ3n) is 3.93. The molecule has 25 heavy (non-hydrogen) atoms. The van der Waals surface area contributed by atoms with Crippen molar-refractivity contribution >= 4 is 51.1 Å². The van der Waals surface area contributed by atoms with Crippen molar-refractivity contribution in [2.45, 2.75) is 13.5 Å². The highest BCUT2D eigenvalue weighted by atomic mass is 127. The van der Waals surface area contributed by atoms with E-state index in [4.69, 9.17) is 21.1 Å². The number of halogens is 2. The summed E-state index contributed by atoms with van der Waals surface area (Å²) in [5.74, 6) is 0.473. The lowest BCUT2D eigenvalue weighted by Crippen LogP contribution is -2.14. The maximum Gasteiger partial charge on any atom is 0.356 e. The number of carbonyl (C=O) groups is 1. The van der Waals surface area contributed by atoms with Crippen LogP contribution in [0.15, 0.2) is 42.5 Å². The summed E-state index contributed by atoms with van der Waals surface area (Å²) in [4.78, 5) is 12.5. The zero-order chi connectivity index (χ0) is 18.0. The largest absolute Gasteiger partial charge is 0.497 e. The minimum absolute atomic E-state index is 0.326. The number of ether oxygens (including phenoxy) is 2. The Labute approximate surface area is 164 Å². The monoisotopic (exact) mass is 469 g/mol. The Hall–Kier alpha value is -1.73. The molecule has 0 saturated heterocycles. The van der Waals surface area contributed by atoms with Gasteiger partial charge in [-0.1, -0.05) is 23.7 Å². The lowest BCUT2D eigenvalue weighted by Gasteiger charge is -2.11. The third-order valence-corrected chi connectivity index (χ3v) is 5.26. The number of methoxy groups -OCH3 is 1. The average Bonchev–Trinajstić information content (AvgIpc) is 2.87. The first-order valence-electron chi connectivity index (χ1n) is 7.82. The number of nitrogens with zero attached hydrogens (tertiary/aromatic N) is 1. The van der Waals surface area contributed by atoms with E-state index in [0.29, 0.717) is 23.9 Å². The molecule has 3 aromatic rings. The molecule has 0 aliphatic carbocycles. The van der Waals surface area contributed by atoms with Gasteiger partial charge in [-0.2, -0.15) is 0 Å². The minimum Gasteiger partial charge on any atom is -0.497 e. The molecule has 2 aromatic carbocycles. The second-order valence-electron chi connectivity index (χ2n) is 5.48. The molecule has 6 heteroatoms. The Morgan fingerprint density at radius 3 is 2.56 bits per heavy atom. The van der Waals surface area contributed by atoms with Gasteiger partial charge in [0, 0.05) is 17.0 Å². The summed E-state index contributed by atoms with van der Waals surface area (Å²) in [7, 11) is 1.64. The molecule has 0 aliphatic rings. The van der Waals surface area contributed by atoms with Crippen LogP contribution in [0.3, 0.4) is 0 Å². The maximum atomic E-state index is 12.5. The molecule has 0 bridgehead atoms. The molecule has 0 radical (unpaired) electrons. The van der Waals surface area contributed by atoms with Crippen LogP contribution in [0.1, 0.15) is 23.0 Å². The van der Waals surface area contributed by atoms with Crippen molar-refractivity contribution in [3.63, 3.8) is 0 Å². The van der Waals surface area contributed by atoms with Crippen LogP contribution in [0.4, 0.5) is 0 Å². The first kappa shape index (κ1) is 18.1.